The normalized spacial score (nSPS) is 13.5. The van der Waals surface area contributed by atoms with Crippen LogP contribution in [0.25, 0.3) is 0 Å². The number of carboxylic acid groups (broad SMARTS) is 1. The number of carbonyl (C=O) groups is 2. The third-order valence-electron chi connectivity index (χ3n) is 2.62. The van der Waals surface area contributed by atoms with Gasteiger partial charge in [-0.3, -0.25) is 9.59 Å². The highest BCUT2D eigenvalue weighted by Crippen LogP contribution is 2.21. The van der Waals surface area contributed by atoms with Gasteiger partial charge in [0.05, 0.1) is 12.0 Å². The number of hydrogen-bond acceptors (Lipinski definition) is 4. The highest BCUT2D eigenvalue weighted by Gasteiger charge is 2.24. The number of aliphatic hydroxyl groups is 1. The number of hydrogen-bond donors (Lipinski definition) is 3. The third kappa shape index (κ3) is 7.10. The zero-order valence-corrected chi connectivity index (χ0v) is 12.5. The van der Waals surface area contributed by atoms with E-state index in [2.05, 4.69) is 5.32 Å². The second kappa shape index (κ2) is 7.99. The molecule has 1 aromatic carbocycles. The Morgan fingerprint density at radius 1 is 1.38 bits per heavy atom. The molecule has 7 heteroatoms. The summed E-state index contributed by atoms with van der Waals surface area (Å²) in [5.41, 5.74) is -1.49. The van der Waals surface area contributed by atoms with E-state index in [0.29, 0.717) is 10.6 Å². The molecule has 1 aromatic rings. The van der Waals surface area contributed by atoms with E-state index in [4.69, 9.17) is 5.11 Å². The Hall–Kier alpha value is -1.60. The first-order chi connectivity index (χ1) is 9.80. The van der Waals surface area contributed by atoms with Crippen LogP contribution >= 0.6 is 11.8 Å². The molecule has 0 fully saturated rings. The fraction of sp³-hybridized carbons (Fsp3) is 0.429. The Kier molecular flexibility index (Phi) is 6.64. The molecule has 1 rings (SSSR count). The molecule has 0 aliphatic heterocycles. The fourth-order valence-electron chi connectivity index (χ4n) is 1.58. The van der Waals surface area contributed by atoms with Crippen LogP contribution in [0.1, 0.15) is 19.8 Å². The SMILES string of the molecule is CC(O)(CNC(=O)CCSc1ccccc1F)CC(=O)O. The molecule has 116 valence electrons. The number of amides is 1. The van der Waals surface area contributed by atoms with Gasteiger partial charge in [-0.2, -0.15) is 0 Å². The van der Waals surface area contributed by atoms with Gasteiger partial charge in [-0.25, -0.2) is 4.39 Å². The van der Waals surface area contributed by atoms with Gasteiger partial charge >= 0.3 is 5.97 Å². The lowest BCUT2D eigenvalue weighted by Crippen LogP contribution is -2.42. The molecule has 0 aromatic heterocycles. The van der Waals surface area contributed by atoms with Gasteiger partial charge in [-0.05, 0) is 19.1 Å². The maximum Gasteiger partial charge on any atom is 0.306 e. The lowest BCUT2D eigenvalue weighted by Gasteiger charge is -2.21. The van der Waals surface area contributed by atoms with E-state index >= 15 is 0 Å². The van der Waals surface area contributed by atoms with Gasteiger partial charge in [0, 0.05) is 23.6 Å². The summed E-state index contributed by atoms with van der Waals surface area (Å²) >= 11 is 1.23. The van der Waals surface area contributed by atoms with Crippen molar-refractivity contribution in [1.29, 1.82) is 0 Å². The summed E-state index contributed by atoms with van der Waals surface area (Å²) in [4.78, 5) is 22.6. The molecule has 5 nitrogen and oxygen atoms in total. The number of aliphatic carboxylic acids is 1. The van der Waals surface area contributed by atoms with Crippen molar-refractivity contribution in [2.45, 2.75) is 30.3 Å². The molecule has 0 bridgehead atoms. The zero-order chi connectivity index (χ0) is 15.9. The summed E-state index contributed by atoms with van der Waals surface area (Å²) in [6, 6.07) is 6.30. The van der Waals surface area contributed by atoms with Crippen molar-refractivity contribution in [1.82, 2.24) is 5.32 Å². The van der Waals surface area contributed by atoms with Gasteiger partial charge in [0.2, 0.25) is 5.91 Å². The van der Waals surface area contributed by atoms with Crippen molar-refractivity contribution in [2.75, 3.05) is 12.3 Å². The quantitative estimate of drug-likeness (QED) is 0.635. The first kappa shape index (κ1) is 17.5. The van der Waals surface area contributed by atoms with Crippen molar-refractivity contribution in [3.05, 3.63) is 30.1 Å². The van der Waals surface area contributed by atoms with Crippen LogP contribution in [0.2, 0.25) is 0 Å². The smallest absolute Gasteiger partial charge is 0.306 e. The highest BCUT2D eigenvalue weighted by atomic mass is 32.2. The number of carboxylic acids is 1. The first-order valence-corrected chi connectivity index (χ1v) is 7.37. The molecular formula is C14H18FNO4S. The van der Waals surface area contributed by atoms with Crippen LogP contribution in [0.4, 0.5) is 4.39 Å². The van der Waals surface area contributed by atoms with Crippen LogP contribution in [-0.2, 0) is 9.59 Å². The van der Waals surface area contributed by atoms with Crippen molar-refractivity contribution in [3.63, 3.8) is 0 Å². The van der Waals surface area contributed by atoms with Crippen molar-refractivity contribution >= 4 is 23.6 Å². The number of rotatable bonds is 8. The molecule has 0 heterocycles. The molecule has 0 spiro atoms. The minimum atomic E-state index is -1.49. The van der Waals surface area contributed by atoms with Gasteiger partial charge < -0.3 is 15.5 Å². The molecule has 0 radical (unpaired) electrons. The monoisotopic (exact) mass is 315 g/mol. The number of benzene rings is 1. The highest BCUT2D eigenvalue weighted by molar-refractivity contribution is 7.99. The second-order valence-corrected chi connectivity index (χ2v) is 6.01. The van der Waals surface area contributed by atoms with Crippen LogP contribution in [0.15, 0.2) is 29.2 Å². The molecule has 1 unspecified atom stereocenters. The predicted octanol–water partition coefficient (Wildman–Crippen LogP) is 1.65. The maximum absolute atomic E-state index is 13.3. The van der Waals surface area contributed by atoms with Crippen LogP contribution in [0.5, 0.6) is 0 Å². The third-order valence-corrected chi connectivity index (χ3v) is 3.67. The van der Waals surface area contributed by atoms with E-state index in [0.717, 1.165) is 0 Å². The summed E-state index contributed by atoms with van der Waals surface area (Å²) in [7, 11) is 0. The Morgan fingerprint density at radius 2 is 2.05 bits per heavy atom. The van der Waals surface area contributed by atoms with Gasteiger partial charge in [-0.1, -0.05) is 12.1 Å². The second-order valence-electron chi connectivity index (χ2n) is 4.87. The van der Waals surface area contributed by atoms with Gasteiger partial charge in [0.1, 0.15) is 5.82 Å². The average Bonchev–Trinajstić information content (AvgIpc) is 2.37. The lowest BCUT2D eigenvalue weighted by atomic mass is 10.0. The molecule has 0 saturated heterocycles. The molecule has 3 N–H and O–H groups in total. The Balaban J connectivity index is 2.29. The number of nitrogens with one attached hydrogen (secondary N) is 1. The number of thioether (sulfide) groups is 1. The molecule has 0 saturated carbocycles. The van der Waals surface area contributed by atoms with Crippen LogP contribution in [0.3, 0.4) is 0 Å². The standard InChI is InChI=1S/C14H18FNO4S/c1-14(20,8-13(18)19)9-16-12(17)6-7-21-11-5-3-2-4-10(11)15/h2-5,20H,6-9H2,1H3,(H,16,17)(H,18,19). The van der Waals surface area contributed by atoms with Crippen molar-refractivity contribution in [2.24, 2.45) is 0 Å². The molecule has 1 amide bonds. The minimum Gasteiger partial charge on any atom is -0.481 e. The number of halogens is 1. The first-order valence-electron chi connectivity index (χ1n) is 6.38. The van der Waals surface area contributed by atoms with E-state index in [1.807, 2.05) is 0 Å². The molecular weight excluding hydrogens is 297 g/mol. The maximum atomic E-state index is 13.3. The van der Waals surface area contributed by atoms with Crippen LogP contribution in [-0.4, -0.2) is 40.0 Å². The van der Waals surface area contributed by atoms with E-state index < -0.39 is 18.0 Å². The van der Waals surface area contributed by atoms with Gasteiger partial charge in [-0.15, -0.1) is 11.8 Å². The summed E-state index contributed by atoms with van der Waals surface area (Å²) in [5.74, 6) is -1.38. The van der Waals surface area contributed by atoms with Crippen LogP contribution < -0.4 is 5.32 Å². The zero-order valence-electron chi connectivity index (χ0n) is 11.6. The summed E-state index contributed by atoms with van der Waals surface area (Å²) < 4.78 is 13.3. The predicted molar refractivity (Wildman–Crippen MR) is 77.6 cm³/mol. The van der Waals surface area contributed by atoms with E-state index in [-0.39, 0.29) is 24.7 Å². The average molecular weight is 315 g/mol. The van der Waals surface area contributed by atoms with Gasteiger partial charge in [0.15, 0.2) is 0 Å². The van der Waals surface area contributed by atoms with E-state index in [9.17, 15) is 19.1 Å². The summed E-state index contributed by atoms with van der Waals surface area (Å²) in [6.07, 6.45) is -0.292. The minimum absolute atomic E-state index is 0.136. The van der Waals surface area contributed by atoms with E-state index in [1.54, 1.807) is 18.2 Å². The lowest BCUT2D eigenvalue weighted by molar-refractivity contribution is -0.142. The summed E-state index contributed by atoms with van der Waals surface area (Å²) in [5, 5.41) is 20.8. The Labute approximate surface area is 126 Å². The molecule has 0 aliphatic carbocycles. The fourth-order valence-corrected chi connectivity index (χ4v) is 2.47. The molecule has 21 heavy (non-hydrogen) atoms. The summed E-state index contributed by atoms with van der Waals surface area (Å²) in [6.45, 7) is 1.21. The van der Waals surface area contributed by atoms with Gasteiger partial charge in [0.25, 0.3) is 0 Å². The Morgan fingerprint density at radius 3 is 2.67 bits per heavy atom. The number of carbonyl (C=O) groups excluding carboxylic acids is 1. The van der Waals surface area contributed by atoms with E-state index in [1.165, 1.54) is 24.8 Å². The largest absolute Gasteiger partial charge is 0.481 e. The molecule has 0 aliphatic rings. The Bertz CT molecular complexity index is 508. The topological polar surface area (TPSA) is 86.6 Å². The van der Waals surface area contributed by atoms with Crippen molar-refractivity contribution < 1.29 is 24.2 Å². The van der Waals surface area contributed by atoms with Crippen LogP contribution in [0, 0.1) is 5.82 Å². The molecule has 1 atom stereocenters. The van der Waals surface area contributed by atoms with Crippen molar-refractivity contribution in [3.8, 4) is 0 Å².